The predicted molar refractivity (Wildman–Crippen MR) is 59.0 cm³/mol. The van der Waals surface area contributed by atoms with E-state index in [1.807, 2.05) is 6.92 Å². The lowest BCUT2D eigenvalue weighted by molar-refractivity contribution is 0.0600. The van der Waals surface area contributed by atoms with Crippen molar-refractivity contribution in [2.45, 2.75) is 26.2 Å². The van der Waals surface area contributed by atoms with Crippen LogP contribution in [0.1, 0.15) is 44.9 Å². The second-order valence-electron chi connectivity index (χ2n) is 3.19. The lowest BCUT2D eigenvalue weighted by Gasteiger charge is -1.95. The van der Waals surface area contributed by atoms with Gasteiger partial charge in [0, 0.05) is 4.88 Å². The summed E-state index contributed by atoms with van der Waals surface area (Å²) in [6, 6.07) is 0. The standard InChI is InChI=1S/C10H13NO4S/c1-3-4-5-6-7(9(12)13)11-8(16-6)10(14)15-2/h3-5H2,1-2H3,(H,12,13). The van der Waals surface area contributed by atoms with E-state index in [1.165, 1.54) is 7.11 Å². The largest absolute Gasteiger partial charge is 0.476 e. The Morgan fingerprint density at radius 3 is 2.69 bits per heavy atom. The van der Waals surface area contributed by atoms with Crippen LogP contribution in [-0.2, 0) is 11.2 Å². The molecule has 0 spiro atoms. The Kier molecular flexibility index (Phi) is 4.42. The van der Waals surface area contributed by atoms with Gasteiger partial charge in [0.2, 0.25) is 5.01 Å². The maximum atomic E-state index is 11.2. The molecule has 0 fully saturated rings. The van der Waals surface area contributed by atoms with Crippen LogP contribution in [0.4, 0.5) is 0 Å². The predicted octanol–water partition coefficient (Wildman–Crippen LogP) is 1.97. The van der Waals surface area contributed by atoms with Gasteiger partial charge in [-0.05, 0) is 12.8 Å². The van der Waals surface area contributed by atoms with Crippen LogP contribution in [0, 0.1) is 0 Å². The summed E-state index contributed by atoms with van der Waals surface area (Å²) in [6.45, 7) is 2.02. The maximum Gasteiger partial charge on any atom is 0.367 e. The molecule has 0 aliphatic rings. The first-order valence-corrected chi connectivity index (χ1v) is 5.73. The van der Waals surface area contributed by atoms with Crippen LogP contribution in [0.25, 0.3) is 0 Å². The third-order valence-corrected chi connectivity index (χ3v) is 3.11. The molecular weight excluding hydrogens is 230 g/mol. The zero-order valence-electron chi connectivity index (χ0n) is 9.15. The maximum absolute atomic E-state index is 11.2. The molecular formula is C10H13NO4S. The first-order valence-electron chi connectivity index (χ1n) is 4.91. The summed E-state index contributed by atoms with van der Waals surface area (Å²) < 4.78 is 4.50. The molecule has 0 aromatic carbocycles. The quantitative estimate of drug-likeness (QED) is 0.800. The summed E-state index contributed by atoms with van der Waals surface area (Å²) in [5, 5.41) is 9.03. The summed E-state index contributed by atoms with van der Waals surface area (Å²) in [7, 11) is 1.25. The van der Waals surface area contributed by atoms with Gasteiger partial charge in [0.05, 0.1) is 7.11 Å². The van der Waals surface area contributed by atoms with Crippen molar-refractivity contribution >= 4 is 23.3 Å². The average molecular weight is 243 g/mol. The fraction of sp³-hybridized carbons (Fsp3) is 0.500. The van der Waals surface area contributed by atoms with Gasteiger partial charge in [-0.1, -0.05) is 13.3 Å². The van der Waals surface area contributed by atoms with E-state index >= 15 is 0 Å². The molecule has 0 saturated carbocycles. The number of aryl methyl sites for hydroxylation is 1. The Morgan fingerprint density at radius 2 is 2.19 bits per heavy atom. The topological polar surface area (TPSA) is 76.5 Å². The number of esters is 1. The summed E-state index contributed by atoms with van der Waals surface area (Å²) >= 11 is 1.09. The first-order chi connectivity index (χ1) is 7.60. The molecule has 0 saturated heterocycles. The highest BCUT2D eigenvalue weighted by atomic mass is 32.1. The van der Waals surface area contributed by atoms with Crippen LogP contribution in [0.15, 0.2) is 0 Å². The van der Waals surface area contributed by atoms with Gasteiger partial charge in [0.25, 0.3) is 0 Å². The number of carboxylic acid groups (broad SMARTS) is 1. The minimum absolute atomic E-state index is 0.0288. The number of nitrogens with zero attached hydrogens (tertiary/aromatic N) is 1. The molecule has 1 rings (SSSR count). The van der Waals surface area contributed by atoms with Gasteiger partial charge in [-0.25, -0.2) is 14.6 Å². The number of rotatable bonds is 5. The van der Waals surface area contributed by atoms with Gasteiger partial charge < -0.3 is 9.84 Å². The summed E-state index contributed by atoms with van der Waals surface area (Å²) in [6.07, 6.45) is 2.47. The molecule has 1 heterocycles. The van der Waals surface area contributed by atoms with E-state index in [4.69, 9.17) is 5.11 Å². The number of aromatic carboxylic acids is 1. The number of hydrogen-bond acceptors (Lipinski definition) is 5. The van der Waals surface area contributed by atoms with Crippen molar-refractivity contribution in [3.05, 3.63) is 15.6 Å². The first kappa shape index (κ1) is 12.6. The SMILES string of the molecule is CCCCc1sc(C(=O)OC)nc1C(=O)O. The van der Waals surface area contributed by atoms with Crippen LogP contribution >= 0.6 is 11.3 Å². The van der Waals surface area contributed by atoms with Crippen LogP contribution in [0.2, 0.25) is 0 Å². The number of methoxy groups -OCH3 is 1. The number of thiazole rings is 1. The van der Waals surface area contributed by atoms with Crippen LogP contribution in [0.5, 0.6) is 0 Å². The number of hydrogen-bond donors (Lipinski definition) is 1. The summed E-state index contributed by atoms with van der Waals surface area (Å²) in [5.74, 6) is -1.69. The molecule has 0 unspecified atom stereocenters. The Hall–Kier alpha value is -1.43. The van der Waals surface area contributed by atoms with Gasteiger partial charge in [0.1, 0.15) is 0 Å². The molecule has 0 radical (unpaired) electrons. The number of carbonyl (C=O) groups excluding carboxylic acids is 1. The molecule has 5 nitrogen and oxygen atoms in total. The van der Waals surface area contributed by atoms with E-state index in [0.29, 0.717) is 11.3 Å². The molecule has 1 N–H and O–H groups in total. The zero-order chi connectivity index (χ0) is 12.1. The van der Waals surface area contributed by atoms with Crippen LogP contribution < -0.4 is 0 Å². The zero-order valence-corrected chi connectivity index (χ0v) is 9.97. The van der Waals surface area contributed by atoms with Crippen LogP contribution in [0.3, 0.4) is 0 Å². The fourth-order valence-electron chi connectivity index (χ4n) is 1.20. The average Bonchev–Trinajstić information content (AvgIpc) is 2.69. The van der Waals surface area contributed by atoms with E-state index < -0.39 is 11.9 Å². The molecule has 0 aliphatic heterocycles. The van der Waals surface area contributed by atoms with Gasteiger partial charge >= 0.3 is 11.9 Å². The van der Waals surface area contributed by atoms with Crippen molar-refractivity contribution in [3.63, 3.8) is 0 Å². The van der Waals surface area contributed by atoms with E-state index in [0.717, 1.165) is 24.2 Å². The summed E-state index contributed by atoms with van der Waals surface area (Å²) in [5.41, 5.74) is -0.0288. The summed E-state index contributed by atoms with van der Waals surface area (Å²) in [4.78, 5) is 26.5. The molecule has 1 aromatic rings. The van der Waals surface area contributed by atoms with Crippen molar-refractivity contribution in [2.24, 2.45) is 0 Å². The number of carbonyl (C=O) groups is 2. The van der Waals surface area contributed by atoms with Crippen molar-refractivity contribution < 1.29 is 19.4 Å². The number of unbranched alkanes of at least 4 members (excludes halogenated alkanes) is 1. The lowest BCUT2D eigenvalue weighted by Crippen LogP contribution is -2.04. The Labute approximate surface area is 97.1 Å². The number of ether oxygens (including phenoxy) is 1. The molecule has 0 amide bonds. The molecule has 0 aliphatic carbocycles. The smallest absolute Gasteiger partial charge is 0.367 e. The molecule has 0 bridgehead atoms. The molecule has 6 heteroatoms. The van der Waals surface area contributed by atoms with Crippen molar-refractivity contribution in [1.29, 1.82) is 0 Å². The third kappa shape index (κ3) is 2.79. The van der Waals surface area contributed by atoms with Gasteiger partial charge in [-0.3, -0.25) is 0 Å². The normalized spacial score (nSPS) is 10.1. The number of carboxylic acids is 1. The van der Waals surface area contributed by atoms with E-state index in [2.05, 4.69) is 9.72 Å². The van der Waals surface area contributed by atoms with Crippen molar-refractivity contribution in [3.8, 4) is 0 Å². The van der Waals surface area contributed by atoms with E-state index in [-0.39, 0.29) is 10.7 Å². The van der Waals surface area contributed by atoms with E-state index in [9.17, 15) is 9.59 Å². The van der Waals surface area contributed by atoms with Gasteiger partial charge in [-0.15, -0.1) is 11.3 Å². The van der Waals surface area contributed by atoms with Crippen molar-refractivity contribution in [2.75, 3.05) is 7.11 Å². The molecule has 16 heavy (non-hydrogen) atoms. The Morgan fingerprint density at radius 1 is 1.50 bits per heavy atom. The highest BCUT2D eigenvalue weighted by molar-refractivity contribution is 7.13. The second-order valence-corrected chi connectivity index (χ2v) is 4.27. The van der Waals surface area contributed by atoms with Crippen LogP contribution in [-0.4, -0.2) is 29.1 Å². The van der Waals surface area contributed by atoms with Gasteiger partial charge in [0.15, 0.2) is 5.69 Å². The molecule has 1 aromatic heterocycles. The highest BCUT2D eigenvalue weighted by Gasteiger charge is 2.20. The molecule has 88 valence electrons. The second kappa shape index (κ2) is 5.60. The van der Waals surface area contributed by atoms with E-state index in [1.54, 1.807) is 0 Å². The highest BCUT2D eigenvalue weighted by Crippen LogP contribution is 2.21. The molecule has 0 atom stereocenters. The lowest BCUT2D eigenvalue weighted by atomic mass is 10.2. The minimum atomic E-state index is -1.10. The number of aromatic nitrogens is 1. The fourth-order valence-corrected chi connectivity index (χ4v) is 2.21. The third-order valence-electron chi connectivity index (χ3n) is 2.02. The Balaban J connectivity index is 3.00. The van der Waals surface area contributed by atoms with Gasteiger partial charge in [-0.2, -0.15) is 0 Å². The minimum Gasteiger partial charge on any atom is -0.476 e. The Bertz CT molecular complexity index is 400. The monoisotopic (exact) mass is 243 g/mol. The van der Waals surface area contributed by atoms with Crippen molar-refractivity contribution in [1.82, 2.24) is 4.98 Å².